The van der Waals surface area contributed by atoms with Crippen molar-refractivity contribution in [3.05, 3.63) is 24.8 Å². The van der Waals surface area contributed by atoms with Gasteiger partial charge in [-0.25, -0.2) is 0 Å². The highest BCUT2D eigenvalue weighted by Crippen LogP contribution is 2.42. The van der Waals surface area contributed by atoms with Gasteiger partial charge < -0.3 is 4.74 Å². The monoisotopic (exact) mass is 166 g/mol. The van der Waals surface area contributed by atoms with Gasteiger partial charge in [0.25, 0.3) is 0 Å². The van der Waals surface area contributed by atoms with E-state index < -0.39 is 0 Å². The van der Waals surface area contributed by atoms with E-state index in [1.165, 1.54) is 0 Å². The minimum Gasteiger partial charge on any atom is -0.366 e. The molecule has 1 heteroatoms. The number of hydrogen-bond donors (Lipinski definition) is 0. The van der Waals surface area contributed by atoms with Crippen LogP contribution in [0.2, 0.25) is 0 Å². The molecule has 1 rings (SSSR count). The van der Waals surface area contributed by atoms with Crippen LogP contribution in [0.25, 0.3) is 0 Å². The van der Waals surface area contributed by atoms with E-state index >= 15 is 0 Å². The Balaban J connectivity index is 2.20. The number of allylic oxidation sites excluding steroid dienone is 2. The molecular weight excluding hydrogens is 148 g/mol. The van der Waals surface area contributed by atoms with Crippen LogP contribution in [0, 0.1) is 0 Å². The molecule has 1 fully saturated rings. The average molecular weight is 166 g/mol. The number of ether oxygens (including phenoxy) is 1. The lowest BCUT2D eigenvalue weighted by atomic mass is 10.00. The molecule has 0 N–H and O–H groups in total. The average Bonchev–Trinajstić information content (AvgIpc) is 2.74. The van der Waals surface area contributed by atoms with Crippen LogP contribution < -0.4 is 0 Å². The summed E-state index contributed by atoms with van der Waals surface area (Å²) < 4.78 is 5.57. The molecule has 0 radical (unpaired) electrons. The predicted molar refractivity (Wildman–Crippen MR) is 52.1 cm³/mol. The van der Waals surface area contributed by atoms with Gasteiger partial charge in [-0.1, -0.05) is 31.7 Å². The molecule has 0 spiro atoms. The lowest BCUT2D eigenvalue weighted by molar-refractivity contribution is 0.300. The Kier molecular flexibility index (Phi) is 2.73. The smallest absolute Gasteiger partial charge is 0.0918 e. The SMILES string of the molecule is C=CC(=C)CCC1OC1(C)CC. The lowest BCUT2D eigenvalue weighted by Gasteiger charge is -2.00. The molecule has 1 aliphatic heterocycles. The van der Waals surface area contributed by atoms with Gasteiger partial charge in [-0.05, 0) is 26.2 Å². The molecule has 0 aromatic heterocycles. The molecule has 0 saturated carbocycles. The molecule has 1 nitrogen and oxygen atoms in total. The summed E-state index contributed by atoms with van der Waals surface area (Å²) in [5.41, 5.74) is 1.28. The highest BCUT2D eigenvalue weighted by atomic mass is 16.6. The van der Waals surface area contributed by atoms with Gasteiger partial charge in [0, 0.05) is 0 Å². The Morgan fingerprint density at radius 3 is 2.75 bits per heavy atom. The van der Waals surface area contributed by atoms with Gasteiger partial charge in [-0.3, -0.25) is 0 Å². The molecule has 0 aliphatic carbocycles. The summed E-state index contributed by atoms with van der Waals surface area (Å²) in [6, 6.07) is 0. The van der Waals surface area contributed by atoms with Crippen LogP contribution in [0.3, 0.4) is 0 Å². The van der Waals surface area contributed by atoms with Crippen LogP contribution in [0.5, 0.6) is 0 Å². The minimum atomic E-state index is 0.168. The van der Waals surface area contributed by atoms with Crippen LogP contribution in [0.1, 0.15) is 33.1 Å². The molecular formula is C11H18O. The molecule has 1 saturated heterocycles. The second-order valence-corrected chi connectivity index (χ2v) is 3.67. The topological polar surface area (TPSA) is 12.5 Å². The van der Waals surface area contributed by atoms with E-state index in [0.29, 0.717) is 6.10 Å². The summed E-state index contributed by atoms with van der Waals surface area (Å²) in [6.07, 6.45) is 5.50. The van der Waals surface area contributed by atoms with Crippen molar-refractivity contribution in [1.29, 1.82) is 0 Å². The summed E-state index contributed by atoms with van der Waals surface area (Å²) in [6.45, 7) is 11.9. The summed E-state index contributed by atoms with van der Waals surface area (Å²) in [5, 5.41) is 0. The van der Waals surface area contributed by atoms with E-state index in [-0.39, 0.29) is 5.60 Å². The minimum absolute atomic E-state index is 0.168. The molecule has 12 heavy (non-hydrogen) atoms. The highest BCUT2D eigenvalue weighted by Gasteiger charge is 2.49. The first-order valence-electron chi connectivity index (χ1n) is 4.60. The molecule has 0 aromatic rings. The maximum atomic E-state index is 5.57. The Morgan fingerprint density at radius 2 is 2.33 bits per heavy atom. The van der Waals surface area contributed by atoms with Gasteiger partial charge >= 0.3 is 0 Å². The zero-order valence-corrected chi connectivity index (χ0v) is 8.10. The number of rotatable bonds is 5. The quantitative estimate of drug-likeness (QED) is 0.451. The first kappa shape index (κ1) is 9.53. The van der Waals surface area contributed by atoms with E-state index in [0.717, 1.165) is 24.8 Å². The molecule has 0 aromatic carbocycles. The Bertz CT molecular complexity index is 195. The zero-order valence-electron chi connectivity index (χ0n) is 8.10. The van der Waals surface area contributed by atoms with Gasteiger partial charge in [0.15, 0.2) is 0 Å². The Morgan fingerprint density at radius 1 is 1.67 bits per heavy atom. The van der Waals surface area contributed by atoms with Crippen molar-refractivity contribution in [2.24, 2.45) is 0 Å². The number of epoxide rings is 1. The normalized spacial score (nSPS) is 33.0. The second-order valence-electron chi connectivity index (χ2n) is 3.67. The van der Waals surface area contributed by atoms with Gasteiger partial charge in [-0.15, -0.1) is 0 Å². The fraction of sp³-hybridized carbons (Fsp3) is 0.636. The molecule has 2 atom stereocenters. The van der Waals surface area contributed by atoms with Crippen molar-refractivity contribution in [2.75, 3.05) is 0 Å². The fourth-order valence-electron chi connectivity index (χ4n) is 1.38. The standard InChI is InChI=1S/C11H18O/c1-5-9(3)7-8-10-11(4,6-2)12-10/h5,10H,1,3,6-8H2,2,4H3. The van der Waals surface area contributed by atoms with Crippen molar-refractivity contribution in [3.63, 3.8) is 0 Å². The van der Waals surface area contributed by atoms with Crippen LogP contribution in [0.4, 0.5) is 0 Å². The molecule has 2 unspecified atom stereocenters. The van der Waals surface area contributed by atoms with E-state index in [4.69, 9.17) is 4.74 Å². The van der Waals surface area contributed by atoms with Gasteiger partial charge in [0.1, 0.15) is 0 Å². The van der Waals surface area contributed by atoms with Crippen LogP contribution in [-0.4, -0.2) is 11.7 Å². The van der Waals surface area contributed by atoms with Gasteiger partial charge in [0.05, 0.1) is 11.7 Å². The lowest BCUT2D eigenvalue weighted by Crippen LogP contribution is -2.07. The van der Waals surface area contributed by atoms with Crippen LogP contribution in [-0.2, 0) is 4.74 Å². The van der Waals surface area contributed by atoms with Crippen molar-refractivity contribution < 1.29 is 4.74 Å². The zero-order chi connectivity index (χ0) is 9.19. The van der Waals surface area contributed by atoms with E-state index in [2.05, 4.69) is 27.0 Å². The largest absolute Gasteiger partial charge is 0.366 e. The predicted octanol–water partition coefficient (Wildman–Crippen LogP) is 3.08. The maximum absolute atomic E-state index is 5.57. The first-order valence-corrected chi connectivity index (χ1v) is 4.60. The molecule has 68 valence electrons. The third kappa shape index (κ3) is 1.98. The first-order chi connectivity index (χ1) is 5.62. The van der Waals surface area contributed by atoms with E-state index in [1.54, 1.807) is 0 Å². The highest BCUT2D eigenvalue weighted by molar-refractivity contribution is 5.12. The summed E-state index contributed by atoms with van der Waals surface area (Å²) in [7, 11) is 0. The fourth-order valence-corrected chi connectivity index (χ4v) is 1.38. The third-order valence-corrected chi connectivity index (χ3v) is 2.75. The van der Waals surface area contributed by atoms with Gasteiger partial charge in [-0.2, -0.15) is 0 Å². The Labute approximate surface area is 75.1 Å². The third-order valence-electron chi connectivity index (χ3n) is 2.75. The summed E-state index contributed by atoms with van der Waals surface area (Å²) in [5.74, 6) is 0. The van der Waals surface area contributed by atoms with Crippen molar-refractivity contribution >= 4 is 0 Å². The molecule has 1 heterocycles. The maximum Gasteiger partial charge on any atom is 0.0918 e. The van der Waals surface area contributed by atoms with Crippen molar-refractivity contribution in [3.8, 4) is 0 Å². The second kappa shape index (κ2) is 3.44. The van der Waals surface area contributed by atoms with Crippen LogP contribution >= 0.6 is 0 Å². The van der Waals surface area contributed by atoms with Crippen LogP contribution in [0.15, 0.2) is 24.8 Å². The molecule has 0 bridgehead atoms. The van der Waals surface area contributed by atoms with Gasteiger partial charge in [0.2, 0.25) is 0 Å². The summed E-state index contributed by atoms with van der Waals surface area (Å²) in [4.78, 5) is 0. The molecule has 1 aliphatic rings. The number of hydrogen-bond acceptors (Lipinski definition) is 1. The van der Waals surface area contributed by atoms with Crippen molar-refractivity contribution in [2.45, 2.75) is 44.8 Å². The van der Waals surface area contributed by atoms with E-state index in [1.807, 2.05) is 6.08 Å². The summed E-state index contributed by atoms with van der Waals surface area (Å²) >= 11 is 0. The Hall–Kier alpha value is -0.560. The molecule has 0 amide bonds. The van der Waals surface area contributed by atoms with Crippen molar-refractivity contribution in [1.82, 2.24) is 0 Å². The van der Waals surface area contributed by atoms with E-state index in [9.17, 15) is 0 Å².